The summed E-state index contributed by atoms with van der Waals surface area (Å²) in [5.74, 6) is 0.108. The Labute approximate surface area is 157 Å². The van der Waals surface area contributed by atoms with Crippen LogP contribution in [0.15, 0.2) is 53.7 Å². The first-order chi connectivity index (χ1) is 12.8. The second kappa shape index (κ2) is 8.91. The summed E-state index contributed by atoms with van der Waals surface area (Å²) in [7, 11) is -1.44. The average molecular weight is 395 g/mol. The molecule has 0 bridgehead atoms. The minimum Gasteiger partial charge on any atom is -0.457 e. The van der Waals surface area contributed by atoms with Gasteiger partial charge in [-0.1, -0.05) is 0 Å². The minimum atomic E-state index is -4.02. The van der Waals surface area contributed by atoms with Crippen LogP contribution in [0.5, 0.6) is 11.5 Å². The first-order valence-electron chi connectivity index (χ1n) is 7.94. The third kappa shape index (κ3) is 4.80. The Morgan fingerprint density at radius 2 is 1.70 bits per heavy atom. The molecule has 0 fully saturated rings. The Morgan fingerprint density at radius 1 is 1.15 bits per heavy atom. The molecule has 0 aliphatic heterocycles. The molecule has 1 amide bonds. The number of pyridine rings is 1. The highest BCUT2D eigenvalue weighted by Crippen LogP contribution is 2.24. The summed E-state index contributed by atoms with van der Waals surface area (Å²) < 4.78 is 37.2. The van der Waals surface area contributed by atoms with Crippen molar-refractivity contribution in [2.75, 3.05) is 14.2 Å². The first kappa shape index (κ1) is 20.8. The molecule has 2 aromatic rings. The Bertz CT molecular complexity index is 858. The van der Waals surface area contributed by atoms with Gasteiger partial charge in [0.2, 0.25) is 10.0 Å². The quantitative estimate of drug-likeness (QED) is 0.512. The van der Waals surface area contributed by atoms with E-state index in [2.05, 4.69) is 4.98 Å². The molecular weight excluding hydrogens is 374 g/mol. The number of hydrogen-bond acceptors (Lipinski definition) is 7. The lowest BCUT2D eigenvalue weighted by molar-refractivity contribution is -0.136. The number of hydroxylamine groups is 1. The Balaban J connectivity index is 2.25. The number of rotatable bonds is 8. The fraction of sp³-hybridized carbons (Fsp3) is 0.294. The highest BCUT2D eigenvalue weighted by atomic mass is 32.2. The largest absolute Gasteiger partial charge is 0.457 e. The van der Waals surface area contributed by atoms with E-state index < -0.39 is 28.1 Å². The van der Waals surface area contributed by atoms with Crippen LogP contribution in [-0.2, 0) is 19.6 Å². The highest BCUT2D eigenvalue weighted by molar-refractivity contribution is 7.89. The van der Waals surface area contributed by atoms with E-state index in [1.54, 1.807) is 24.5 Å². The molecule has 0 saturated heterocycles. The molecule has 2 rings (SSSR count). The van der Waals surface area contributed by atoms with Crippen molar-refractivity contribution in [3.8, 4) is 11.5 Å². The van der Waals surface area contributed by atoms with Crippen molar-refractivity contribution < 1.29 is 27.9 Å². The molecule has 2 unspecified atom stereocenters. The van der Waals surface area contributed by atoms with Crippen LogP contribution in [0.1, 0.15) is 6.92 Å². The number of sulfonamides is 1. The number of benzene rings is 1. The van der Waals surface area contributed by atoms with Crippen LogP contribution in [-0.4, -0.2) is 55.1 Å². The van der Waals surface area contributed by atoms with E-state index in [1.165, 1.54) is 50.8 Å². The molecular formula is C17H21N3O6S. The summed E-state index contributed by atoms with van der Waals surface area (Å²) in [6.07, 6.45) is 2.37. The zero-order valence-electron chi connectivity index (χ0n) is 15.1. The summed E-state index contributed by atoms with van der Waals surface area (Å²) in [6, 6.07) is 7.83. The molecule has 2 atom stereocenters. The average Bonchev–Trinajstić information content (AvgIpc) is 2.68. The van der Waals surface area contributed by atoms with Gasteiger partial charge in [0.1, 0.15) is 17.5 Å². The van der Waals surface area contributed by atoms with Gasteiger partial charge in [-0.15, -0.1) is 0 Å². The molecule has 1 aromatic heterocycles. The van der Waals surface area contributed by atoms with Crippen LogP contribution in [0.4, 0.5) is 0 Å². The van der Waals surface area contributed by atoms with E-state index in [4.69, 9.17) is 14.7 Å². The molecule has 27 heavy (non-hydrogen) atoms. The number of nitrogens with one attached hydrogen (secondary N) is 1. The zero-order chi connectivity index (χ0) is 20.0. The molecule has 0 spiro atoms. The Kier molecular flexibility index (Phi) is 6.86. The lowest BCUT2D eigenvalue weighted by Gasteiger charge is -2.29. The predicted octanol–water partition coefficient (Wildman–Crippen LogP) is 1.40. The summed E-state index contributed by atoms with van der Waals surface area (Å²) in [4.78, 5) is 15.8. The standard InChI is InChI=1S/C17H21N3O6S/c1-12(25-3)16(17(21)19-22)20(2)27(23,24)15-6-4-13(5-7-15)26-14-8-10-18-11-9-14/h4-12,16,22H,1-3H3,(H,19,21). The molecule has 10 heteroatoms. The Morgan fingerprint density at radius 3 is 2.22 bits per heavy atom. The van der Waals surface area contributed by atoms with Gasteiger partial charge >= 0.3 is 0 Å². The van der Waals surface area contributed by atoms with Crippen molar-refractivity contribution in [1.29, 1.82) is 0 Å². The lowest BCUT2D eigenvalue weighted by atomic mass is 10.2. The van der Waals surface area contributed by atoms with Crippen LogP contribution < -0.4 is 10.2 Å². The van der Waals surface area contributed by atoms with Crippen LogP contribution in [0, 0.1) is 0 Å². The van der Waals surface area contributed by atoms with Crippen LogP contribution in [0.3, 0.4) is 0 Å². The first-order valence-corrected chi connectivity index (χ1v) is 9.38. The van der Waals surface area contributed by atoms with Gasteiger partial charge in [-0.3, -0.25) is 15.0 Å². The second-order valence-corrected chi connectivity index (χ2v) is 7.64. The fourth-order valence-electron chi connectivity index (χ4n) is 2.41. The van der Waals surface area contributed by atoms with Gasteiger partial charge in [0.15, 0.2) is 0 Å². The van der Waals surface area contributed by atoms with Crippen LogP contribution in [0.25, 0.3) is 0 Å². The number of likely N-dealkylation sites (N-methyl/N-ethyl adjacent to an activating group) is 1. The van der Waals surface area contributed by atoms with Crippen molar-refractivity contribution >= 4 is 15.9 Å². The molecule has 0 aliphatic rings. The van der Waals surface area contributed by atoms with Crippen molar-refractivity contribution in [1.82, 2.24) is 14.8 Å². The van der Waals surface area contributed by atoms with Crippen molar-refractivity contribution in [2.45, 2.75) is 24.0 Å². The summed E-state index contributed by atoms with van der Waals surface area (Å²) in [5, 5.41) is 8.91. The van der Waals surface area contributed by atoms with Gasteiger partial charge in [0.05, 0.1) is 11.0 Å². The van der Waals surface area contributed by atoms with E-state index in [1.807, 2.05) is 0 Å². The number of carbonyl (C=O) groups is 1. The van der Waals surface area contributed by atoms with Gasteiger partial charge in [-0.2, -0.15) is 4.31 Å². The SMILES string of the molecule is COC(C)C(C(=O)NO)N(C)S(=O)(=O)c1ccc(Oc2ccncc2)cc1. The topological polar surface area (TPSA) is 118 Å². The maximum Gasteiger partial charge on any atom is 0.264 e. The van der Waals surface area contributed by atoms with Gasteiger partial charge in [-0.05, 0) is 43.3 Å². The molecule has 9 nitrogen and oxygen atoms in total. The number of methoxy groups -OCH3 is 1. The van der Waals surface area contributed by atoms with Gasteiger partial charge in [0.25, 0.3) is 5.91 Å². The number of nitrogens with zero attached hydrogens (tertiary/aromatic N) is 2. The summed E-state index contributed by atoms with van der Waals surface area (Å²) in [6.45, 7) is 1.53. The van der Waals surface area contributed by atoms with E-state index in [-0.39, 0.29) is 4.90 Å². The third-order valence-corrected chi connectivity index (χ3v) is 5.83. The maximum absolute atomic E-state index is 12.8. The Hall–Kier alpha value is -2.53. The van der Waals surface area contributed by atoms with E-state index in [9.17, 15) is 13.2 Å². The van der Waals surface area contributed by atoms with Gasteiger partial charge in [0, 0.05) is 26.6 Å². The normalized spacial score (nSPS) is 13.8. The molecule has 0 aliphatic carbocycles. The van der Waals surface area contributed by atoms with E-state index >= 15 is 0 Å². The smallest absolute Gasteiger partial charge is 0.264 e. The fourth-order valence-corrected chi connectivity index (χ4v) is 3.79. The van der Waals surface area contributed by atoms with Gasteiger partial charge < -0.3 is 9.47 Å². The molecule has 0 saturated carbocycles. The summed E-state index contributed by atoms with van der Waals surface area (Å²) in [5.41, 5.74) is 1.47. The number of carbonyl (C=O) groups excluding carboxylic acids is 1. The van der Waals surface area contributed by atoms with Crippen LogP contribution in [0.2, 0.25) is 0 Å². The van der Waals surface area contributed by atoms with Crippen molar-refractivity contribution in [3.63, 3.8) is 0 Å². The molecule has 1 heterocycles. The highest BCUT2D eigenvalue weighted by Gasteiger charge is 2.37. The van der Waals surface area contributed by atoms with Gasteiger partial charge in [-0.25, -0.2) is 13.9 Å². The van der Waals surface area contributed by atoms with Crippen molar-refractivity contribution in [3.05, 3.63) is 48.8 Å². The number of hydrogen-bond donors (Lipinski definition) is 2. The third-order valence-electron chi connectivity index (χ3n) is 3.97. The predicted molar refractivity (Wildman–Crippen MR) is 95.9 cm³/mol. The van der Waals surface area contributed by atoms with Crippen molar-refractivity contribution in [2.24, 2.45) is 0 Å². The number of aromatic nitrogens is 1. The maximum atomic E-state index is 12.8. The molecule has 146 valence electrons. The van der Waals surface area contributed by atoms with Crippen LogP contribution >= 0.6 is 0 Å². The minimum absolute atomic E-state index is 0.0360. The van der Waals surface area contributed by atoms with E-state index in [0.29, 0.717) is 11.5 Å². The molecule has 2 N–H and O–H groups in total. The lowest BCUT2D eigenvalue weighted by Crippen LogP contribution is -2.52. The second-order valence-electron chi connectivity index (χ2n) is 5.64. The monoisotopic (exact) mass is 395 g/mol. The molecule has 1 aromatic carbocycles. The summed E-state index contributed by atoms with van der Waals surface area (Å²) >= 11 is 0. The van der Waals surface area contributed by atoms with E-state index in [0.717, 1.165) is 4.31 Å². The number of ether oxygens (including phenoxy) is 2. The zero-order valence-corrected chi connectivity index (χ0v) is 15.9. The molecule has 0 radical (unpaired) electrons. The number of amides is 1.